The van der Waals surface area contributed by atoms with Crippen molar-refractivity contribution in [3.63, 3.8) is 0 Å². The SMILES string of the molecule is CC[C@](C)(CNc1cc(-c2ccc(C(O)C(C)C)nc2)ncn1)c1cccc2c(C(=O)NC)ccnc12. The molecule has 2 atom stereocenters. The van der Waals surface area contributed by atoms with E-state index in [1.165, 1.54) is 6.33 Å². The Labute approximate surface area is 217 Å². The number of aliphatic hydroxyl groups excluding tert-OH is 1. The van der Waals surface area contributed by atoms with Crippen molar-refractivity contribution in [3.8, 4) is 11.3 Å². The van der Waals surface area contributed by atoms with E-state index in [9.17, 15) is 9.90 Å². The lowest BCUT2D eigenvalue weighted by molar-refractivity contribution is 0.0964. The van der Waals surface area contributed by atoms with Gasteiger partial charge in [-0.15, -0.1) is 0 Å². The first kappa shape index (κ1) is 26.2. The third-order valence-corrected chi connectivity index (χ3v) is 7.02. The molecular weight excluding hydrogens is 464 g/mol. The fraction of sp³-hybridized carbons (Fsp3) is 0.345. The molecule has 0 saturated heterocycles. The number of amides is 1. The molecule has 192 valence electrons. The quantitative estimate of drug-likeness (QED) is 0.300. The van der Waals surface area contributed by atoms with Gasteiger partial charge in [-0.25, -0.2) is 9.97 Å². The monoisotopic (exact) mass is 498 g/mol. The van der Waals surface area contributed by atoms with E-state index < -0.39 is 6.10 Å². The minimum atomic E-state index is -0.598. The Balaban J connectivity index is 1.59. The van der Waals surface area contributed by atoms with Gasteiger partial charge in [-0.05, 0) is 36.1 Å². The molecule has 3 N–H and O–H groups in total. The highest BCUT2D eigenvalue weighted by Crippen LogP contribution is 2.34. The minimum Gasteiger partial charge on any atom is -0.387 e. The summed E-state index contributed by atoms with van der Waals surface area (Å²) in [5, 5.41) is 17.3. The van der Waals surface area contributed by atoms with Gasteiger partial charge < -0.3 is 15.7 Å². The van der Waals surface area contributed by atoms with Gasteiger partial charge in [0, 0.05) is 48.4 Å². The maximum atomic E-state index is 12.4. The van der Waals surface area contributed by atoms with Gasteiger partial charge in [-0.3, -0.25) is 14.8 Å². The minimum absolute atomic E-state index is 0.0911. The molecule has 4 rings (SSSR count). The van der Waals surface area contributed by atoms with E-state index in [0.717, 1.165) is 34.1 Å². The fourth-order valence-electron chi connectivity index (χ4n) is 4.38. The maximum absolute atomic E-state index is 12.4. The van der Waals surface area contributed by atoms with Gasteiger partial charge in [0.2, 0.25) is 0 Å². The van der Waals surface area contributed by atoms with Gasteiger partial charge in [-0.1, -0.05) is 45.9 Å². The highest BCUT2D eigenvalue weighted by atomic mass is 16.3. The Hall–Kier alpha value is -3.91. The van der Waals surface area contributed by atoms with Crippen LogP contribution < -0.4 is 10.6 Å². The molecule has 0 aliphatic rings. The second-order valence-corrected chi connectivity index (χ2v) is 9.86. The molecule has 3 aromatic heterocycles. The van der Waals surface area contributed by atoms with E-state index in [0.29, 0.717) is 23.6 Å². The van der Waals surface area contributed by atoms with E-state index in [4.69, 9.17) is 0 Å². The molecule has 0 spiro atoms. The average Bonchev–Trinajstić information content (AvgIpc) is 2.94. The van der Waals surface area contributed by atoms with Gasteiger partial charge in [0.05, 0.1) is 28.6 Å². The van der Waals surface area contributed by atoms with Crippen LogP contribution in [0.4, 0.5) is 5.82 Å². The predicted octanol–water partition coefficient (Wildman–Crippen LogP) is 4.92. The Bertz CT molecular complexity index is 1390. The zero-order valence-electron chi connectivity index (χ0n) is 22.0. The molecular formula is C29H34N6O2. The van der Waals surface area contributed by atoms with Crippen molar-refractivity contribution in [2.45, 2.75) is 45.6 Å². The van der Waals surface area contributed by atoms with Crippen molar-refractivity contribution < 1.29 is 9.90 Å². The first-order valence-electron chi connectivity index (χ1n) is 12.6. The van der Waals surface area contributed by atoms with Crippen molar-refractivity contribution >= 4 is 22.6 Å². The topological polar surface area (TPSA) is 113 Å². The van der Waals surface area contributed by atoms with E-state index in [1.807, 2.05) is 44.2 Å². The summed E-state index contributed by atoms with van der Waals surface area (Å²) in [6.45, 7) is 8.87. The summed E-state index contributed by atoms with van der Waals surface area (Å²) in [6, 6.07) is 13.4. The number of aliphatic hydroxyl groups is 1. The van der Waals surface area contributed by atoms with Crippen molar-refractivity contribution in [3.05, 3.63) is 78.0 Å². The summed E-state index contributed by atoms with van der Waals surface area (Å²) in [5.41, 5.74) is 4.49. The van der Waals surface area contributed by atoms with Gasteiger partial charge in [0.25, 0.3) is 5.91 Å². The fourth-order valence-corrected chi connectivity index (χ4v) is 4.38. The maximum Gasteiger partial charge on any atom is 0.251 e. The number of hydrogen-bond acceptors (Lipinski definition) is 7. The Morgan fingerprint density at radius 1 is 1.08 bits per heavy atom. The Morgan fingerprint density at radius 3 is 2.57 bits per heavy atom. The smallest absolute Gasteiger partial charge is 0.251 e. The van der Waals surface area contributed by atoms with Gasteiger partial charge in [0.1, 0.15) is 12.1 Å². The Morgan fingerprint density at radius 2 is 1.89 bits per heavy atom. The second kappa shape index (κ2) is 11.0. The number of fused-ring (bicyclic) bond motifs is 1. The number of nitrogens with zero attached hydrogens (tertiary/aromatic N) is 4. The molecule has 4 aromatic rings. The molecule has 37 heavy (non-hydrogen) atoms. The molecule has 0 saturated carbocycles. The number of benzene rings is 1. The first-order valence-corrected chi connectivity index (χ1v) is 12.6. The number of rotatable bonds is 9. The van der Waals surface area contributed by atoms with Crippen LogP contribution in [0.2, 0.25) is 0 Å². The number of carbonyl (C=O) groups is 1. The third kappa shape index (κ3) is 5.44. The van der Waals surface area contributed by atoms with Crippen LogP contribution in [0.1, 0.15) is 61.8 Å². The second-order valence-electron chi connectivity index (χ2n) is 9.86. The Kier molecular flexibility index (Phi) is 7.78. The van der Waals surface area contributed by atoms with E-state index >= 15 is 0 Å². The summed E-state index contributed by atoms with van der Waals surface area (Å²) in [7, 11) is 1.63. The van der Waals surface area contributed by atoms with Crippen LogP contribution >= 0.6 is 0 Å². The average molecular weight is 499 g/mol. The number of anilines is 1. The molecule has 0 radical (unpaired) electrons. The number of carbonyl (C=O) groups excluding carboxylic acids is 1. The van der Waals surface area contributed by atoms with E-state index in [1.54, 1.807) is 25.5 Å². The van der Waals surface area contributed by atoms with Gasteiger partial charge in [0.15, 0.2) is 0 Å². The third-order valence-electron chi connectivity index (χ3n) is 7.02. The summed E-state index contributed by atoms with van der Waals surface area (Å²) < 4.78 is 0. The summed E-state index contributed by atoms with van der Waals surface area (Å²) in [6.07, 6.45) is 5.21. The van der Waals surface area contributed by atoms with Gasteiger partial charge in [-0.2, -0.15) is 0 Å². The van der Waals surface area contributed by atoms with Crippen molar-refractivity contribution in [2.24, 2.45) is 5.92 Å². The van der Waals surface area contributed by atoms with Crippen LogP contribution in [0.25, 0.3) is 22.2 Å². The standard InChI is InChI=1S/C29H34N6O2/c1-6-29(4,22-9-7-8-20-21(28(37)30-5)12-13-31-26(20)22)16-33-25-14-24(34-17-35-25)19-10-11-23(32-15-19)27(36)18(2)3/h7-15,17-18,27,36H,6,16H2,1-5H3,(H,30,37)(H,33,34,35)/t27?,29-/m1/s1. The normalized spacial score (nSPS) is 13.8. The summed E-state index contributed by atoms with van der Waals surface area (Å²) in [5.74, 6) is 0.666. The highest BCUT2D eigenvalue weighted by molar-refractivity contribution is 6.06. The van der Waals surface area contributed by atoms with Crippen LogP contribution in [-0.2, 0) is 5.41 Å². The zero-order valence-corrected chi connectivity index (χ0v) is 22.0. The van der Waals surface area contributed by atoms with Crippen LogP contribution in [0.5, 0.6) is 0 Å². The lowest BCUT2D eigenvalue weighted by Crippen LogP contribution is -2.31. The molecule has 8 heteroatoms. The molecule has 1 aromatic carbocycles. The number of pyridine rings is 2. The molecule has 0 fully saturated rings. The first-order chi connectivity index (χ1) is 17.8. The molecule has 3 heterocycles. The lowest BCUT2D eigenvalue weighted by atomic mass is 9.78. The highest BCUT2D eigenvalue weighted by Gasteiger charge is 2.28. The number of nitrogens with one attached hydrogen (secondary N) is 2. The van der Waals surface area contributed by atoms with Crippen molar-refractivity contribution in [1.82, 2.24) is 25.3 Å². The molecule has 0 aliphatic carbocycles. The van der Waals surface area contributed by atoms with Crippen LogP contribution in [0.3, 0.4) is 0 Å². The lowest BCUT2D eigenvalue weighted by Gasteiger charge is -2.30. The number of aromatic nitrogens is 4. The summed E-state index contributed by atoms with van der Waals surface area (Å²) >= 11 is 0. The largest absolute Gasteiger partial charge is 0.387 e. The predicted molar refractivity (Wildman–Crippen MR) is 146 cm³/mol. The van der Waals surface area contributed by atoms with E-state index in [-0.39, 0.29) is 17.2 Å². The molecule has 1 unspecified atom stereocenters. The van der Waals surface area contributed by atoms with Crippen LogP contribution in [0, 0.1) is 5.92 Å². The number of para-hydroxylation sites is 1. The molecule has 0 bridgehead atoms. The number of hydrogen-bond donors (Lipinski definition) is 3. The molecule has 8 nitrogen and oxygen atoms in total. The van der Waals surface area contributed by atoms with Crippen LogP contribution in [-0.4, -0.2) is 44.5 Å². The molecule has 0 aliphatic heterocycles. The van der Waals surface area contributed by atoms with Crippen molar-refractivity contribution in [1.29, 1.82) is 0 Å². The van der Waals surface area contributed by atoms with Crippen molar-refractivity contribution in [2.75, 3.05) is 18.9 Å². The van der Waals surface area contributed by atoms with Gasteiger partial charge >= 0.3 is 0 Å². The zero-order chi connectivity index (χ0) is 26.6. The summed E-state index contributed by atoms with van der Waals surface area (Å²) in [4.78, 5) is 30.3. The molecule has 1 amide bonds. The van der Waals surface area contributed by atoms with Crippen LogP contribution in [0.15, 0.2) is 61.2 Å². The van der Waals surface area contributed by atoms with E-state index in [2.05, 4.69) is 50.5 Å².